The van der Waals surface area contributed by atoms with Gasteiger partial charge in [0.25, 0.3) is 0 Å². The molecule has 0 bridgehead atoms. The second-order valence-electron chi connectivity index (χ2n) is 4.12. The van der Waals surface area contributed by atoms with Gasteiger partial charge in [-0.2, -0.15) is 0 Å². The number of benzene rings is 1. The lowest BCUT2D eigenvalue weighted by Crippen LogP contribution is -2.50. The molecule has 1 aliphatic carbocycles. The Morgan fingerprint density at radius 2 is 1.93 bits per heavy atom. The van der Waals surface area contributed by atoms with Crippen LogP contribution in [0.1, 0.15) is 31.7 Å². The first kappa shape index (κ1) is 10.5. The second kappa shape index (κ2) is 3.86. The molecule has 0 unspecified atom stereocenters. The average Bonchev–Trinajstić information content (AvgIpc) is 2.13. The molecule has 2 nitrogen and oxygen atoms in total. The molecule has 0 saturated heterocycles. The number of hydrogen-bond donors (Lipinski definition) is 1. The van der Waals surface area contributed by atoms with Crippen molar-refractivity contribution in [1.29, 1.82) is 0 Å². The van der Waals surface area contributed by atoms with Gasteiger partial charge < -0.3 is 5.32 Å². The third-order valence-electron chi connectivity index (χ3n) is 3.02. The van der Waals surface area contributed by atoms with E-state index in [0.29, 0.717) is 0 Å². The molecule has 1 fully saturated rings. The van der Waals surface area contributed by atoms with Gasteiger partial charge in [-0.25, -0.2) is 0 Å². The van der Waals surface area contributed by atoms with Crippen LogP contribution in [0, 0.1) is 0 Å². The van der Waals surface area contributed by atoms with Gasteiger partial charge in [-0.15, -0.1) is 0 Å². The fraction of sp³-hybridized carbons (Fsp3) is 0.417. The smallest absolute Gasteiger partial charge is 0.217 e. The quantitative estimate of drug-likeness (QED) is 0.821. The minimum atomic E-state index is -0.129. The third kappa shape index (κ3) is 2.00. The highest BCUT2D eigenvalue weighted by Crippen LogP contribution is 2.41. The van der Waals surface area contributed by atoms with E-state index in [4.69, 9.17) is 11.6 Å². The first-order valence-corrected chi connectivity index (χ1v) is 5.55. The third-order valence-corrected chi connectivity index (χ3v) is 3.27. The van der Waals surface area contributed by atoms with Gasteiger partial charge in [0, 0.05) is 11.9 Å². The van der Waals surface area contributed by atoms with Crippen molar-refractivity contribution in [2.24, 2.45) is 0 Å². The molecule has 0 spiro atoms. The topological polar surface area (TPSA) is 29.1 Å². The van der Waals surface area contributed by atoms with Crippen LogP contribution in [0.3, 0.4) is 0 Å². The van der Waals surface area contributed by atoms with Crippen LogP contribution in [-0.4, -0.2) is 5.91 Å². The van der Waals surface area contributed by atoms with E-state index in [9.17, 15) is 4.79 Å². The highest BCUT2D eigenvalue weighted by Gasteiger charge is 2.39. The van der Waals surface area contributed by atoms with E-state index in [1.54, 1.807) is 6.92 Å². The summed E-state index contributed by atoms with van der Waals surface area (Å²) in [6.45, 7) is 1.57. The van der Waals surface area contributed by atoms with Crippen molar-refractivity contribution in [1.82, 2.24) is 5.32 Å². The van der Waals surface area contributed by atoms with Crippen LogP contribution < -0.4 is 5.32 Å². The molecule has 1 N–H and O–H groups in total. The molecule has 0 aliphatic heterocycles. The van der Waals surface area contributed by atoms with Crippen molar-refractivity contribution in [3.8, 4) is 0 Å². The zero-order valence-electron chi connectivity index (χ0n) is 8.72. The molecule has 2 rings (SSSR count). The maximum absolute atomic E-state index is 11.2. The molecule has 1 aliphatic rings. The van der Waals surface area contributed by atoms with Gasteiger partial charge in [0.05, 0.1) is 5.54 Å². The van der Waals surface area contributed by atoms with E-state index in [0.717, 1.165) is 23.4 Å². The molecule has 0 aromatic heterocycles. The lowest BCUT2D eigenvalue weighted by molar-refractivity contribution is -0.122. The van der Waals surface area contributed by atoms with E-state index in [1.165, 1.54) is 6.42 Å². The molecule has 1 saturated carbocycles. The molecular formula is C12H14ClNO. The average molecular weight is 224 g/mol. The van der Waals surface area contributed by atoms with Crippen LogP contribution >= 0.6 is 11.6 Å². The van der Waals surface area contributed by atoms with Crippen LogP contribution in [0.15, 0.2) is 24.3 Å². The minimum absolute atomic E-state index is 0.0321. The molecule has 0 radical (unpaired) electrons. The lowest BCUT2D eigenvalue weighted by atomic mass is 9.72. The molecule has 80 valence electrons. The van der Waals surface area contributed by atoms with Gasteiger partial charge in [0.15, 0.2) is 0 Å². The Balaban J connectivity index is 2.26. The van der Waals surface area contributed by atoms with E-state index in [2.05, 4.69) is 5.32 Å². The number of nitrogens with one attached hydrogen (secondary N) is 1. The van der Waals surface area contributed by atoms with Crippen LogP contribution in [0.5, 0.6) is 0 Å². The van der Waals surface area contributed by atoms with Gasteiger partial charge >= 0.3 is 0 Å². The Morgan fingerprint density at radius 1 is 1.33 bits per heavy atom. The zero-order valence-corrected chi connectivity index (χ0v) is 9.47. The number of hydrogen-bond acceptors (Lipinski definition) is 1. The number of carbonyl (C=O) groups excluding carboxylic acids is 1. The van der Waals surface area contributed by atoms with Crippen molar-refractivity contribution in [3.63, 3.8) is 0 Å². The SMILES string of the molecule is CC(=O)NC1(c2ccc(Cl)cc2)CCC1. The van der Waals surface area contributed by atoms with E-state index < -0.39 is 0 Å². The number of rotatable bonds is 2. The molecular weight excluding hydrogens is 210 g/mol. The maximum atomic E-state index is 11.2. The summed E-state index contributed by atoms with van der Waals surface area (Å²) in [5, 5.41) is 3.78. The Hall–Kier alpha value is -1.02. The monoisotopic (exact) mass is 223 g/mol. The highest BCUT2D eigenvalue weighted by molar-refractivity contribution is 6.30. The Labute approximate surface area is 94.6 Å². The first-order valence-electron chi connectivity index (χ1n) is 5.17. The molecule has 3 heteroatoms. The zero-order chi connectivity index (χ0) is 10.9. The van der Waals surface area contributed by atoms with Gasteiger partial charge in [0.1, 0.15) is 0 Å². The highest BCUT2D eigenvalue weighted by atomic mass is 35.5. The van der Waals surface area contributed by atoms with E-state index in [1.807, 2.05) is 24.3 Å². The van der Waals surface area contributed by atoms with Crippen molar-refractivity contribution in [3.05, 3.63) is 34.9 Å². The Morgan fingerprint density at radius 3 is 2.33 bits per heavy atom. The Bertz CT molecular complexity index is 368. The summed E-state index contributed by atoms with van der Waals surface area (Å²) in [4.78, 5) is 11.2. The van der Waals surface area contributed by atoms with Gasteiger partial charge in [-0.3, -0.25) is 4.79 Å². The van der Waals surface area contributed by atoms with Crippen molar-refractivity contribution < 1.29 is 4.79 Å². The fourth-order valence-electron chi connectivity index (χ4n) is 2.12. The first-order chi connectivity index (χ1) is 7.12. The Kier molecular flexibility index (Phi) is 2.70. The van der Waals surface area contributed by atoms with Crippen LogP contribution in [0.4, 0.5) is 0 Å². The van der Waals surface area contributed by atoms with Crippen LogP contribution in [0.2, 0.25) is 5.02 Å². The van der Waals surface area contributed by atoms with Gasteiger partial charge in [0.2, 0.25) is 5.91 Å². The van der Waals surface area contributed by atoms with Crippen LogP contribution in [-0.2, 0) is 10.3 Å². The summed E-state index contributed by atoms with van der Waals surface area (Å²) in [6.07, 6.45) is 3.21. The van der Waals surface area contributed by atoms with Crippen molar-refractivity contribution >= 4 is 17.5 Å². The normalized spacial score (nSPS) is 18.0. The minimum Gasteiger partial charge on any atom is -0.347 e. The molecule has 1 aromatic carbocycles. The molecule has 0 atom stereocenters. The number of halogens is 1. The summed E-state index contributed by atoms with van der Waals surface area (Å²) in [5.74, 6) is 0.0321. The fourth-order valence-corrected chi connectivity index (χ4v) is 2.25. The summed E-state index contributed by atoms with van der Waals surface area (Å²) in [5.41, 5.74) is 1.03. The molecule has 1 amide bonds. The van der Waals surface area contributed by atoms with E-state index >= 15 is 0 Å². The summed E-state index contributed by atoms with van der Waals surface area (Å²) in [6, 6.07) is 7.74. The maximum Gasteiger partial charge on any atom is 0.217 e. The standard InChI is InChI=1S/C12H14ClNO/c1-9(15)14-12(7-2-8-12)10-3-5-11(13)6-4-10/h3-6H,2,7-8H2,1H3,(H,14,15). The number of carbonyl (C=O) groups is 1. The van der Waals surface area contributed by atoms with Crippen molar-refractivity contribution in [2.75, 3.05) is 0 Å². The molecule has 0 heterocycles. The summed E-state index contributed by atoms with van der Waals surface area (Å²) >= 11 is 5.84. The van der Waals surface area contributed by atoms with Crippen LogP contribution in [0.25, 0.3) is 0 Å². The number of amides is 1. The van der Waals surface area contributed by atoms with Gasteiger partial charge in [-0.1, -0.05) is 23.7 Å². The lowest BCUT2D eigenvalue weighted by Gasteiger charge is -2.43. The second-order valence-corrected chi connectivity index (χ2v) is 4.56. The van der Waals surface area contributed by atoms with Gasteiger partial charge in [-0.05, 0) is 37.0 Å². The molecule has 15 heavy (non-hydrogen) atoms. The molecule has 1 aromatic rings. The summed E-state index contributed by atoms with van der Waals surface area (Å²) in [7, 11) is 0. The largest absolute Gasteiger partial charge is 0.347 e. The predicted molar refractivity (Wildman–Crippen MR) is 60.8 cm³/mol. The van der Waals surface area contributed by atoms with Crippen molar-refractivity contribution in [2.45, 2.75) is 31.7 Å². The predicted octanol–water partition coefficient (Wildman–Crippen LogP) is 2.86. The summed E-state index contributed by atoms with van der Waals surface area (Å²) < 4.78 is 0. The van der Waals surface area contributed by atoms with E-state index in [-0.39, 0.29) is 11.4 Å².